The zero-order valence-electron chi connectivity index (χ0n) is 15.6. The summed E-state index contributed by atoms with van der Waals surface area (Å²) in [6.45, 7) is 5.56. The molecule has 3 heterocycles. The molecule has 1 atom stereocenters. The van der Waals surface area contributed by atoms with E-state index in [1.165, 1.54) is 11.1 Å². The maximum atomic E-state index is 11.8. The van der Waals surface area contributed by atoms with Crippen molar-refractivity contribution >= 4 is 0 Å². The molecule has 2 aromatic heterocycles. The molecule has 4 rings (SSSR count). The molecule has 1 saturated heterocycles. The van der Waals surface area contributed by atoms with Gasteiger partial charge in [-0.1, -0.05) is 24.3 Å². The van der Waals surface area contributed by atoms with E-state index in [2.05, 4.69) is 44.2 Å². The normalized spacial score (nSPS) is 17.9. The van der Waals surface area contributed by atoms with Gasteiger partial charge < -0.3 is 4.98 Å². The van der Waals surface area contributed by atoms with Crippen LogP contribution >= 0.6 is 0 Å². The average Bonchev–Trinajstić information content (AvgIpc) is 3.16. The van der Waals surface area contributed by atoms with Crippen molar-refractivity contribution in [3.8, 4) is 0 Å². The molecule has 1 aliphatic rings. The van der Waals surface area contributed by atoms with Crippen molar-refractivity contribution in [2.45, 2.75) is 38.8 Å². The SMILES string of the molecule is Cc1nc([C@@H]2CCCN(Cc3ccccc3Cn3cccn3)C2)cc(=O)[nH]1. The maximum absolute atomic E-state index is 11.8. The zero-order valence-corrected chi connectivity index (χ0v) is 15.6. The second kappa shape index (κ2) is 7.88. The summed E-state index contributed by atoms with van der Waals surface area (Å²) < 4.78 is 1.96. The van der Waals surface area contributed by atoms with Gasteiger partial charge in [-0.05, 0) is 43.5 Å². The lowest BCUT2D eigenvalue weighted by molar-refractivity contribution is 0.197. The number of piperidine rings is 1. The Morgan fingerprint density at radius 2 is 2.00 bits per heavy atom. The van der Waals surface area contributed by atoms with E-state index < -0.39 is 0 Å². The quantitative estimate of drug-likeness (QED) is 0.757. The van der Waals surface area contributed by atoms with Crippen molar-refractivity contribution < 1.29 is 0 Å². The highest BCUT2D eigenvalue weighted by Crippen LogP contribution is 2.26. The van der Waals surface area contributed by atoms with Crippen LogP contribution in [-0.4, -0.2) is 37.7 Å². The smallest absolute Gasteiger partial charge is 0.251 e. The molecule has 1 aliphatic heterocycles. The summed E-state index contributed by atoms with van der Waals surface area (Å²) in [6, 6.07) is 12.2. The Morgan fingerprint density at radius 3 is 2.74 bits per heavy atom. The Kier molecular flexibility index (Phi) is 5.16. The lowest BCUT2D eigenvalue weighted by Crippen LogP contribution is -2.35. The van der Waals surface area contributed by atoms with Gasteiger partial charge in [-0.3, -0.25) is 14.4 Å². The van der Waals surface area contributed by atoms with E-state index >= 15 is 0 Å². The van der Waals surface area contributed by atoms with Crippen LogP contribution in [0.3, 0.4) is 0 Å². The minimum absolute atomic E-state index is 0.0563. The first-order valence-electron chi connectivity index (χ1n) is 9.52. The van der Waals surface area contributed by atoms with Crippen LogP contribution in [0.15, 0.2) is 53.6 Å². The minimum Gasteiger partial charge on any atom is -0.311 e. The second-order valence-electron chi connectivity index (χ2n) is 7.30. The van der Waals surface area contributed by atoms with E-state index in [-0.39, 0.29) is 5.56 Å². The Hall–Kier alpha value is -2.73. The number of nitrogens with zero attached hydrogens (tertiary/aromatic N) is 4. The molecule has 0 saturated carbocycles. The molecule has 0 bridgehead atoms. The summed E-state index contributed by atoms with van der Waals surface area (Å²) in [5, 5.41) is 4.33. The zero-order chi connectivity index (χ0) is 18.6. The first-order chi connectivity index (χ1) is 13.2. The molecule has 0 spiro atoms. The number of benzene rings is 1. The number of hydrogen-bond acceptors (Lipinski definition) is 4. The number of rotatable bonds is 5. The standard InChI is InChI=1S/C21H25N5O/c1-16-23-20(12-21(27)24-16)19-8-4-10-25(14-19)13-17-6-2-3-7-18(17)15-26-11-5-9-22-26/h2-3,5-7,9,11-12,19H,4,8,10,13-15H2,1H3,(H,23,24,27)/t19-/m1/s1. The molecular formula is C21H25N5O. The highest BCUT2D eigenvalue weighted by atomic mass is 16.1. The van der Waals surface area contributed by atoms with Crippen LogP contribution in [0.2, 0.25) is 0 Å². The molecule has 1 fully saturated rings. The third-order valence-electron chi connectivity index (χ3n) is 5.21. The van der Waals surface area contributed by atoms with E-state index in [4.69, 9.17) is 0 Å². The second-order valence-corrected chi connectivity index (χ2v) is 7.30. The van der Waals surface area contributed by atoms with Gasteiger partial charge in [0.1, 0.15) is 5.82 Å². The van der Waals surface area contributed by atoms with Gasteiger partial charge in [0.2, 0.25) is 0 Å². The van der Waals surface area contributed by atoms with Crippen LogP contribution < -0.4 is 5.56 Å². The molecule has 0 amide bonds. The molecule has 6 heteroatoms. The summed E-state index contributed by atoms with van der Waals surface area (Å²) in [7, 11) is 0. The van der Waals surface area contributed by atoms with E-state index in [0.29, 0.717) is 11.7 Å². The number of H-pyrrole nitrogens is 1. The van der Waals surface area contributed by atoms with Gasteiger partial charge in [-0.2, -0.15) is 5.10 Å². The van der Waals surface area contributed by atoms with Gasteiger partial charge in [0, 0.05) is 37.5 Å². The Bertz CT molecular complexity index is 947. The number of aromatic nitrogens is 4. The summed E-state index contributed by atoms with van der Waals surface area (Å²) in [6.07, 6.45) is 6.02. The van der Waals surface area contributed by atoms with Crippen LogP contribution in [0, 0.1) is 6.92 Å². The van der Waals surface area contributed by atoms with E-state index in [0.717, 1.165) is 44.7 Å². The van der Waals surface area contributed by atoms with Crippen molar-refractivity contribution in [1.29, 1.82) is 0 Å². The number of aromatic amines is 1. The summed E-state index contributed by atoms with van der Waals surface area (Å²) >= 11 is 0. The monoisotopic (exact) mass is 363 g/mol. The van der Waals surface area contributed by atoms with Gasteiger partial charge in [0.05, 0.1) is 12.2 Å². The molecule has 1 N–H and O–H groups in total. The van der Waals surface area contributed by atoms with Crippen LogP contribution in [0.1, 0.15) is 41.4 Å². The molecule has 3 aromatic rings. The number of nitrogens with one attached hydrogen (secondary N) is 1. The van der Waals surface area contributed by atoms with Crippen molar-refractivity contribution in [3.05, 3.63) is 81.8 Å². The summed E-state index contributed by atoms with van der Waals surface area (Å²) in [5.41, 5.74) is 3.50. The molecule has 1 aromatic carbocycles. The molecule has 27 heavy (non-hydrogen) atoms. The largest absolute Gasteiger partial charge is 0.311 e. The molecule has 0 aliphatic carbocycles. The van der Waals surface area contributed by atoms with Gasteiger partial charge in [0.25, 0.3) is 5.56 Å². The fraction of sp³-hybridized carbons (Fsp3) is 0.381. The van der Waals surface area contributed by atoms with Gasteiger partial charge in [-0.15, -0.1) is 0 Å². The van der Waals surface area contributed by atoms with Gasteiger partial charge in [0.15, 0.2) is 0 Å². The average molecular weight is 363 g/mol. The summed E-state index contributed by atoms with van der Waals surface area (Å²) in [4.78, 5) is 21.6. The molecule has 140 valence electrons. The fourth-order valence-electron chi connectivity index (χ4n) is 3.93. The molecule has 0 radical (unpaired) electrons. The number of likely N-dealkylation sites (tertiary alicyclic amines) is 1. The van der Waals surface area contributed by atoms with E-state index in [1.54, 1.807) is 6.07 Å². The van der Waals surface area contributed by atoms with Crippen molar-refractivity contribution in [1.82, 2.24) is 24.6 Å². The van der Waals surface area contributed by atoms with E-state index in [1.807, 2.05) is 30.1 Å². The van der Waals surface area contributed by atoms with Crippen LogP contribution in [-0.2, 0) is 13.1 Å². The van der Waals surface area contributed by atoms with Gasteiger partial charge in [-0.25, -0.2) is 4.98 Å². The Balaban J connectivity index is 1.49. The highest BCUT2D eigenvalue weighted by Gasteiger charge is 2.23. The van der Waals surface area contributed by atoms with Crippen LogP contribution in [0.4, 0.5) is 0 Å². The fourth-order valence-corrected chi connectivity index (χ4v) is 3.93. The maximum Gasteiger partial charge on any atom is 0.251 e. The molecule has 0 unspecified atom stereocenters. The third-order valence-corrected chi connectivity index (χ3v) is 5.21. The molecule has 6 nitrogen and oxygen atoms in total. The first kappa shape index (κ1) is 17.7. The first-order valence-corrected chi connectivity index (χ1v) is 9.52. The number of hydrogen-bond donors (Lipinski definition) is 1. The van der Waals surface area contributed by atoms with Crippen molar-refractivity contribution in [2.75, 3.05) is 13.1 Å². The Morgan fingerprint density at radius 1 is 1.19 bits per heavy atom. The van der Waals surface area contributed by atoms with Crippen molar-refractivity contribution in [2.24, 2.45) is 0 Å². The van der Waals surface area contributed by atoms with Crippen LogP contribution in [0.25, 0.3) is 0 Å². The topological polar surface area (TPSA) is 66.8 Å². The Labute approximate surface area is 158 Å². The number of aryl methyl sites for hydroxylation is 1. The minimum atomic E-state index is -0.0563. The predicted octanol–water partition coefficient (Wildman–Crippen LogP) is 2.70. The highest BCUT2D eigenvalue weighted by molar-refractivity contribution is 5.27. The van der Waals surface area contributed by atoms with Crippen LogP contribution in [0.5, 0.6) is 0 Å². The predicted molar refractivity (Wildman–Crippen MR) is 105 cm³/mol. The van der Waals surface area contributed by atoms with E-state index in [9.17, 15) is 4.79 Å². The lowest BCUT2D eigenvalue weighted by atomic mass is 9.93. The van der Waals surface area contributed by atoms with Crippen molar-refractivity contribution in [3.63, 3.8) is 0 Å². The summed E-state index contributed by atoms with van der Waals surface area (Å²) in [5.74, 6) is 1.01. The van der Waals surface area contributed by atoms with Gasteiger partial charge >= 0.3 is 0 Å². The third kappa shape index (κ3) is 4.34. The lowest BCUT2D eigenvalue weighted by Gasteiger charge is -2.33. The molecular weight excluding hydrogens is 338 g/mol.